The maximum atomic E-state index is 12.3. The Morgan fingerprint density at radius 1 is 1.43 bits per heavy atom. The minimum absolute atomic E-state index is 0.0346. The lowest BCUT2D eigenvalue weighted by molar-refractivity contribution is -0.00566. The van der Waals surface area contributed by atoms with Crippen molar-refractivity contribution in [1.29, 1.82) is 0 Å². The van der Waals surface area contributed by atoms with Crippen LogP contribution in [0.25, 0.3) is 0 Å². The monoisotopic (exact) mass is 294 g/mol. The van der Waals surface area contributed by atoms with Gasteiger partial charge in [-0.25, -0.2) is 0 Å². The normalized spacial score (nSPS) is 16.0. The van der Waals surface area contributed by atoms with Crippen LogP contribution in [-0.2, 0) is 4.74 Å². The molecule has 1 aliphatic heterocycles. The van der Waals surface area contributed by atoms with Gasteiger partial charge in [-0.1, -0.05) is 0 Å². The van der Waals surface area contributed by atoms with Gasteiger partial charge in [0.05, 0.1) is 19.3 Å². The van der Waals surface area contributed by atoms with E-state index < -0.39 is 0 Å². The SMILES string of the molecule is CCNc1ccc(C(=O)N2CCC(OCCO)CC2)nn1. The first-order valence-corrected chi connectivity index (χ1v) is 7.34. The van der Waals surface area contributed by atoms with Crippen LogP contribution >= 0.6 is 0 Å². The Morgan fingerprint density at radius 2 is 2.19 bits per heavy atom. The quantitative estimate of drug-likeness (QED) is 0.795. The lowest BCUT2D eigenvalue weighted by Crippen LogP contribution is -2.41. The van der Waals surface area contributed by atoms with Gasteiger partial charge in [-0.2, -0.15) is 0 Å². The first-order chi connectivity index (χ1) is 10.2. The summed E-state index contributed by atoms with van der Waals surface area (Å²) < 4.78 is 5.48. The molecule has 1 amide bonds. The molecule has 0 bridgehead atoms. The summed E-state index contributed by atoms with van der Waals surface area (Å²) in [6.07, 6.45) is 1.70. The highest BCUT2D eigenvalue weighted by molar-refractivity contribution is 5.92. The van der Waals surface area contributed by atoms with Crippen molar-refractivity contribution in [1.82, 2.24) is 15.1 Å². The van der Waals surface area contributed by atoms with Crippen LogP contribution in [0.4, 0.5) is 5.82 Å². The zero-order chi connectivity index (χ0) is 15.1. The fraction of sp³-hybridized carbons (Fsp3) is 0.643. The van der Waals surface area contributed by atoms with E-state index in [0.717, 1.165) is 19.4 Å². The second-order valence-electron chi connectivity index (χ2n) is 4.92. The summed E-state index contributed by atoms with van der Waals surface area (Å²) in [7, 11) is 0. The van der Waals surface area contributed by atoms with Crippen LogP contribution in [0.15, 0.2) is 12.1 Å². The molecule has 1 saturated heterocycles. The third-order valence-corrected chi connectivity index (χ3v) is 3.42. The third-order valence-electron chi connectivity index (χ3n) is 3.42. The average molecular weight is 294 g/mol. The van der Waals surface area contributed by atoms with Crippen molar-refractivity contribution in [3.63, 3.8) is 0 Å². The molecule has 0 aliphatic carbocycles. The molecule has 7 nitrogen and oxygen atoms in total. The van der Waals surface area contributed by atoms with Gasteiger partial charge in [-0.05, 0) is 31.9 Å². The van der Waals surface area contributed by atoms with E-state index in [0.29, 0.717) is 31.2 Å². The molecule has 2 heterocycles. The summed E-state index contributed by atoms with van der Waals surface area (Å²) >= 11 is 0. The van der Waals surface area contributed by atoms with Crippen LogP contribution in [0.1, 0.15) is 30.3 Å². The molecule has 0 spiro atoms. The first-order valence-electron chi connectivity index (χ1n) is 7.34. The van der Waals surface area contributed by atoms with E-state index in [1.165, 1.54) is 0 Å². The van der Waals surface area contributed by atoms with E-state index in [4.69, 9.17) is 9.84 Å². The van der Waals surface area contributed by atoms with Gasteiger partial charge in [0.2, 0.25) is 0 Å². The fourth-order valence-electron chi connectivity index (χ4n) is 2.33. The summed E-state index contributed by atoms with van der Waals surface area (Å²) in [5.41, 5.74) is 0.367. The van der Waals surface area contributed by atoms with E-state index in [9.17, 15) is 4.79 Å². The van der Waals surface area contributed by atoms with E-state index in [2.05, 4.69) is 15.5 Å². The minimum Gasteiger partial charge on any atom is -0.394 e. The Kier molecular flexibility index (Phi) is 5.89. The maximum Gasteiger partial charge on any atom is 0.274 e. The van der Waals surface area contributed by atoms with Crippen LogP contribution in [0.5, 0.6) is 0 Å². The zero-order valence-electron chi connectivity index (χ0n) is 12.3. The number of nitrogens with zero attached hydrogens (tertiary/aromatic N) is 3. The van der Waals surface area contributed by atoms with Crippen LogP contribution < -0.4 is 5.32 Å². The first kappa shape index (κ1) is 15.7. The number of likely N-dealkylation sites (tertiary alicyclic amines) is 1. The Hall–Kier alpha value is -1.73. The molecule has 116 valence electrons. The number of ether oxygens (including phenoxy) is 1. The van der Waals surface area contributed by atoms with Crippen LogP contribution in [-0.4, -0.2) is 65.1 Å². The van der Waals surface area contributed by atoms with Gasteiger partial charge < -0.3 is 20.1 Å². The predicted octanol–water partition coefficient (Wildman–Crippen LogP) is 0.522. The van der Waals surface area contributed by atoms with Crippen molar-refractivity contribution < 1.29 is 14.6 Å². The molecule has 1 aromatic rings. The van der Waals surface area contributed by atoms with Gasteiger partial charge in [0.25, 0.3) is 5.91 Å². The van der Waals surface area contributed by atoms with Gasteiger partial charge in [-0.15, -0.1) is 10.2 Å². The van der Waals surface area contributed by atoms with Crippen molar-refractivity contribution in [2.24, 2.45) is 0 Å². The molecule has 7 heteroatoms. The van der Waals surface area contributed by atoms with E-state index >= 15 is 0 Å². The molecule has 2 N–H and O–H groups in total. The molecule has 21 heavy (non-hydrogen) atoms. The van der Waals surface area contributed by atoms with Gasteiger partial charge in [0.1, 0.15) is 5.82 Å². The van der Waals surface area contributed by atoms with Gasteiger partial charge in [0.15, 0.2) is 5.69 Å². The summed E-state index contributed by atoms with van der Waals surface area (Å²) in [4.78, 5) is 14.1. The number of rotatable bonds is 6. The molecule has 1 aromatic heterocycles. The van der Waals surface area contributed by atoms with Gasteiger partial charge in [0, 0.05) is 19.6 Å². The van der Waals surface area contributed by atoms with E-state index in [1.54, 1.807) is 17.0 Å². The average Bonchev–Trinajstić information content (AvgIpc) is 2.54. The number of nitrogens with one attached hydrogen (secondary N) is 1. The van der Waals surface area contributed by atoms with Crippen molar-refractivity contribution in [2.45, 2.75) is 25.9 Å². The van der Waals surface area contributed by atoms with Crippen LogP contribution in [0.3, 0.4) is 0 Å². The highest BCUT2D eigenvalue weighted by Crippen LogP contribution is 2.15. The molecule has 0 aromatic carbocycles. The molecule has 0 radical (unpaired) electrons. The molecular weight excluding hydrogens is 272 g/mol. The van der Waals surface area contributed by atoms with Crippen molar-refractivity contribution in [2.75, 3.05) is 38.2 Å². The van der Waals surface area contributed by atoms with Crippen molar-refractivity contribution in [3.8, 4) is 0 Å². The van der Waals surface area contributed by atoms with Crippen LogP contribution in [0.2, 0.25) is 0 Å². The number of carbonyl (C=O) groups is 1. The molecule has 1 fully saturated rings. The second-order valence-corrected chi connectivity index (χ2v) is 4.92. The fourth-order valence-corrected chi connectivity index (χ4v) is 2.33. The van der Waals surface area contributed by atoms with Crippen LogP contribution in [0, 0.1) is 0 Å². The number of anilines is 1. The number of carbonyl (C=O) groups excluding carboxylic acids is 1. The number of hydrogen-bond donors (Lipinski definition) is 2. The molecule has 0 atom stereocenters. The van der Waals surface area contributed by atoms with Crippen molar-refractivity contribution >= 4 is 11.7 Å². The summed E-state index contributed by atoms with van der Waals surface area (Å²) in [5.74, 6) is 0.580. The van der Waals surface area contributed by atoms with E-state index in [-0.39, 0.29) is 18.6 Å². The van der Waals surface area contributed by atoms with Gasteiger partial charge in [-0.3, -0.25) is 4.79 Å². The standard InChI is InChI=1S/C14H22N4O3/c1-2-15-13-4-3-12(16-17-13)14(20)18-7-5-11(6-8-18)21-10-9-19/h3-4,11,19H,2,5-10H2,1H3,(H,15,17). The zero-order valence-corrected chi connectivity index (χ0v) is 12.3. The second kappa shape index (κ2) is 7.90. The number of aliphatic hydroxyl groups is 1. The molecule has 0 saturated carbocycles. The Balaban J connectivity index is 1.86. The highest BCUT2D eigenvalue weighted by atomic mass is 16.5. The highest BCUT2D eigenvalue weighted by Gasteiger charge is 2.24. The number of amides is 1. The topological polar surface area (TPSA) is 87.6 Å². The molecule has 1 aliphatic rings. The van der Waals surface area contributed by atoms with Gasteiger partial charge >= 0.3 is 0 Å². The Morgan fingerprint density at radius 3 is 2.76 bits per heavy atom. The smallest absolute Gasteiger partial charge is 0.274 e. The largest absolute Gasteiger partial charge is 0.394 e. The maximum absolute atomic E-state index is 12.3. The lowest BCUT2D eigenvalue weighted by atomic mass is 10.1. The summed E-state index contributed by atoms with van der Waals surface area (Å²) in [6.45, 7) is 4.42. The summed E-state index contributed by atoms with van der Waals surface area (Å²) in [6, 6.07) is 3.46. The Bertz CT molecular complexity index is 444. The summed E-state index contributed by atoms with van der Waals surface area (Å²) in [5, 5.41) is 19.7. The number of hydrogen-bond acceptors (Lipinski definition) is 6. The third kappa shape index (κ3) is 4.37. The molecular formula is C14H22N4O3. The molecule has 0 unspecified atom stereocenters. The number of aliphatic hydroxyl groups excluding tert-OH is 1. The minimum atomic E-state index is -0.0915. The van der Waals surface area contributed by atoms with E-state index in [1.807, 2.05) is 6.92 Å². The predicted molar refractivity (Wildman–Crippen MR) is 78.2 cm³/mol. The number of piperidine rings is 1. The Labute approximate surface area is 124 Å². The van der Waals surface area contributed by atoms with Crippen molar-refractivity contribution in [3.05, 3.63) is 17.8 Å². The number of aromatic nitrogens is 2. The lowest BCUT2D eigenvalue weighted by Gasteiger charge is -2.31. The molecule has 2 rings (SSSR count).